The number of aryl methyl sites for hydroxylation is 1. The van der Waals surface area contributed by atoms with E-state index in [4.69, 9.17) is 4.52 Å². The van der Waals surface area contributed by atoms with Crippen LogP contribution in [0.25, 0.3) is 11.0 Å². The fourth-order valence-corrected chi connectivity index (χ4v) is 1.78. The molecule has 0 saturated heterocycles. The molecule has 0 radical (unpaired) electrons. The number of aromatic nitrogens is 3. The fraction of sp³-hybridized carbons (Fsp3) is 0.0769. The van der Waals surface area contributed by atoms with Gasteiger partial charge in [0.2, 0.25) is 11.5 Å². The van der Waals surface area contributed by atoms with Gasteiger partial charge in [0.15, 0.2) is 5.52 Å². The van der Waals surface area contributed by atoms with Crippen molar-refractivity contribution >= 4 is 16.8 Å². The van der Waals surface area contributed by atoms with Gasteiger partial charge in [0.25, 0.3) is 5.56 Å². The van der Waals surface area contributed by atoms with Crippen LogP contribution in [-0.2, 0) is 7.05 Å². The van der Waals surface area contributed by atoms with E-state index in [1.54, 1.807) is 31.3 Å². The summed E-state index contributed by atoms with van der Waals surface area (Å²) in [7, 11) is 1.56. The fourth-order valence-electron chi connectivity index (χ4n) is 1.78. The molecular weight excluding hydrogens is 246 g/mol. The van der Waals surface area contributed by atoms with Gasteiger partial charge in [-0.25, -0.2) is 4.98 Å². The summed E-state index contributed by atoms with van der Waals surface area (Å²) in [5, 5.41) is 3.63. The molecule has 0 amide bonds. The minimum atomic E-state index is -0.346. The maximum atomic E-state index is 12.2. The lowest BCUT2D eigenvalue weighted by molar-refractivity contribution is 0.100. The highest BCUT2D eigenvalue weighted by Crippen LogP contribution is 2.16. The summed E-state index contributed by atoms with van der Waals surface area (Å²) in [5.74, 6) is -0.359. The third-order valence-electron chi connectivity index (χ3n) is 2.79. The molecule has 0 N–H and O–H groups in total. The molecule has 0 aliphatic rings. The standard InChI is InChI=1S/C13H9N3O3/c1-16-7-14-9-10(13(16)18)15-19-12(9)11(17)8-5-3-2-4-6-8/h2-7H,1H3. The molecule has 94 valence electrons. The Bertz CT molecular complexity index is 818. The van der Waals surface area contributed by atoms with Gasteiger partial charge in [-0.3, -0.25) is 9.59 Å². The van der Waals surface area contributed by atoms with Gasteiger partial charge in [-0.15, -0.1) is 0 Å². The molecule has 1 aromatic carbocycles. The summed E-state index contributed by atoms with van der Waals surface area (Å²) in [6.45, 7) is 0. The molecule has 0 aliphatic carbocycles. The molecule has 0 atom stereocenters. The molecule has 0 fully saturated rings. The Kier molecular flexibility index (Phi) is 2.49. The number of fused-ring (bicyclic) bond motifs is 1. The van der Waals surface area contributed by atoms with Crippen LogP contribution in [0.1, 0.15) is 16.1 Å². The highest BCUT2D eigenvalue weighted by atomic mass is 16.5. The molecule has 3 rings (SSSR count). The Morgan fingerprint density at radius 1 is 1.21 bits per heavy atom. The van der Waals surface area contributed by atoms with E-state index in [-0.39, 0.29) is 28.1 Å². The number of rotatable bonds is 2. The summed E-state index contributed by atoms with van der Waals surface area (Å²) >= 11 is 0. The van der Waals surface area contributed by atoms with Crippen LogP contribution in [0, 0.1) is 0 Å². The zero-order chi connectivity index (χ0) is 13.4. The summed E-state index contributed by atoms with van der Waals surface area (Å²) in [6, 6.07) is 8.63. The van der Waals surface area contributed by atoms with Crippen LogP contribution in [0.2, 0.25) is 0 Å². The molecule has 6 nitrogen and oxygen atoms in total. The Balaban J connectivity index is 2.20. The van der Waals surface area contributed by atoms with Crippen LogP contribution in [-0.4, -0.2) is 20.5 Å². The van der Waals surface area contributed by atoms with Crippen LogP contribution in [0.15, 0.2) is 46.0 Å². The van der Waals surface area contributed by atoms with Crippen molar-refractivity contribution < 1.29 is 9.32 Å². The lowest BCUT2D eigenvalue weighted by atomic mass is 10.1. The Labute approximate surface area is 107 Å². The van der Waals surface area contributed by atoms with Crippen LogP contribution in [0.5, 0.6) is 0 Å². The Hall–Kier alpha value is -2.76. The molecule has 0 saturated carbocycles. The molecule has 0 aliphatic heterocycles. The van der Waals surface area contributed by atoms with Gasteiger partial charge < -0.3 is 9.09 Å². The Morgan fingerprint density at radius 3 is 2.68 bits per heavy atom. The highest BCUT2D eigenvalue weighted by Gasteiger charge is 2.21. The van der Waals surface area contributed by atoms with Crippen LogP contribution >= 0.6 is 0 Å². The molecule has 2 heterocycles. The summed E-state index contributed by atoms with van der Waals surface area (Å²) in [4.78, 5) is 28.1. The van der Waals surface area contributed by atoms with Gasteiger partial charge >= 0.3 is 0 Å². The SMILES string of the molecule is Cn1cnc2c(C(=O)c3ccccc3)onc2c1=O. The predicted octanol–water partition coefficient (Wildman–Crippen LogP) is 1.15. The monoisotopic (exact) mass is 255 g/mol. The van der Waals surface area contributed by atoms with Crippen molar-refractivity contribution in [3.05, 3.63) is 58.3 Å². The molecule has 2 aromatic heterocycles. The van der Waals surface area contributed by atoms with Crippen molar-refractivity contribution in [2.45, 2.75) is 0 Å². The average Bonchev–Trinajstić information content (AvgIpc) is 2.87. The van der Waals surface area contributed by atoms with E-state index in [0.717, 1.165) is 0 Å². The number of benzene rings is 1. The normalized spacial score (nSPS) is 10.8. The molecule has 0 spiro atoms. The van der Waals surface area contributed by atoms with Crippen LogP contribution in [0.3, 0.4) is 0 Å². The van der Waals surface area contributed by atoms with Crippen molar-refractivity contribution in [3.8, 4) is 0 Å². The molecule has 0 bridgehead atoms. The molecule has 19 heavy (non-hydrogen) atoms. The third-order valence-corrected chi connectivity index (χ3v) is 2.79. The van der Waals surface area contributed by atoms with E-state index in [2.05, 4.69) is 10.1 Å². The second-order valence-electron chi connectivity index (χ2n) is 4.06. The maximum Gasteiger partial charge on any atom is 0.283 e. The van der Waals surface area contributed by atoms with E-state index in [1.165, 1.54) is 10.9 Å². The average molecular weight is 255 g/mol. The first-order valence-corrected chi connectivity index (χ1v) is 5.59. The predicted molar refractivity (Wildman–Crippen MR) is 66.9 cm³/mol. The van der Waals surface area contributed by atoms with Crippen molar-refractivity contribution in [3.63, 3.8) is 0 Å². The van der Waals surface area contributed by atoms with Crippen LogP contribution in [0.4, 0.5) is 0 Å². The minimum Gasteiger partial charge on any atom is -0.349 e. The first-order valence-electron chi connectivity index (χ1n) is 5.59. The van der Waals surface area contributed by atoms with Crippen molar-refractivity contribution in [2.24, 2.45) is 7.05 Å². The topological polar surface area (TPSA) is 78.0 Å². The van der Waals surface area contributed by atoms with E-state index in [9.17, 15) is 9.59 Å². The summed E-state index contributed by atoms with van der Waals surface area (Å²) < 4.78 is 6.27. The number of carbonyl (C=O) groups excluding carboxylic acids is 1. The van der Waals surface area contributed by atoms with Gasteiger partial charge in [0.05, 0.1) is 6.33 Å². The first-order chi connectivity index (χ1) is 9.18. The first kappa shape index (κ1) is 11.3. The number of hydrogen-bond acceptors (Lipinski definition) is 5. The maximum absolute atomic E-state index is 12.2. The van der Waals surface area contributed by atoms with Crippen molar-refractivity contribution in [1.29, 1.82) is 0 Å². The second kappa shape index (κ2) is 4.16. The summed E-state index contributed by atoms with van der Waals surface area (Å²) in [6.07, 6.45) is 1.34. The number of ketones is 1. The van der Waals surface area contributed by atoms with E-state index in [0.29, 0.717) is 5.56 Å². The van der Waals surface area contributed by atoms with E-state index >= 15 is 0 Å². The van der Waals surface area contributed by atoms with Gasteiger partial charge in [0.1, 0.15) is 5.52 Å². The lowest BCUT2D eigenvalue weighted by Gasteiger charge is -1.97. The van der Waals surface area contributed by atoms with Crippen molar-refractivity contribution in [1.82, 2.24) is 14.7 Å². The molecule has 6 heteroatoms. The zero-order valence-electron chi connectivity index (χ0n) is 10.0. The second-order valence-corrected chi connectivity index (χ2v) is 4.06. The number of carbonyl (C=O) groups is 1. The van der Waals surface area contributed by atoms with Gasteiger partial charge in [-0.05, 0) is 0 Å². The van der Waals surface area contributed by atoms with Gasteiger partial charge in [0, 0.05) is 12.6 Å². The highest BCUT2D eigenvalue weighted by molar-refractivity contribution is 6.12. The Morgan fingerprint density at radius 2 is 1.95 bits per heavy atom. The van der Waals surface area contributed by atoms with Gasteiger partial charge in [-0.2, -0.15) is 0 Å². The third kappa shape index (κ3) is 1.74. The molecular formula is C13H9N3O3. The molecule has 3 aromatic rings. The molecule has 0 unspecified atom stereocenters. The number of nitrogens with zero attached hydrogens (tertiary/aromatic N) is 3. The van der Waals surface area contributed by atoms with Crippen LogP contribution < -0.4 is 5.56 Å². The zero-order valence-corrected chi connectivity index (χ0v) is 10.0. The van der Waals surface area contributed by atoms with E-state index < -0.39 is 0 Å². The lowest BCUT2D eigenvalue weighted by Crippen LogP contribution is -2.17. The quantitative estimate of drug-likeness (QED) is 0.642. The smallest absolute Gasteiger partial charge is 0.283 e. The number of hydrogen-bond donors (Lipinski definition) is 0. The van der Waals surface area contributed by atoms with E-state index in [1.807, 2.05) is 6.07 Å². The van der Waals surface area contributed by atoms with Gasteiger partial charge in [-0.1, -0.05) is 35.5 Å². The van der Waals surface area contributed by atoms with Crippen molar-refractivity contribution in [2.75, 3.05) is 0 Å². The minimum absolute atomic E-state index is 0.0149. The largest absolute Gasteiger partial charge is 0.349 e. The summed E-state index contributed by atoms with van der Waals surface area (Å²) in [5.41, 5.74) is 0.366.